The average molecular weight is 411 g/mol. The molecule has 0 radical (unpaired) electrons. The van der Waals surface area contributed by atoms with E-state index in [0.717, 1.165) is 4.31 Å². The maximum Gasteiger partial charge on any atom is 0.258 e. The fourth-order valence-electron chi connectivity index (χ4n) is 3.51. The first-order valence-electron chi connectivity index (χ1n) is 8.57. The average Bonchev–Trinajstić information content (AvgIpc) is 3.34. The minimum Gasteiger partial charge on any atom is -0.377 e. The number of nitrogens with zero attached hydrogens (tertiary/aromatic N) is 4. The summed E-state index contributed by atoms with van der Waals surface area (Å²) in [5.74, 6) is -0.231. The standard InChI is InChI=1S/C17H19F2N5O3S/c1-9-4-11(18)16-10(15(9)17-20-8-23(2)22-17)5-14(21-16)28(25,26)24-6-12(19)13(7-24)27-3/h4-5,8,12-13,21H,6-7H2,1-3H3/t12-,13-/m0/s1. The quantitative estimate of drug-likeness (QED) is 0.706. The van der Waals surface area contributed by atoms with Gasteiger partial charge in [-0.3, -0.25) is 4.68 Å². The molecule has 1 aromatic carbocycles. The first-order valence-corrected chi connectivity index (χ1v) is 10.0. The van der Waals surface area contributed by atoms with Crippen LogP contribution in [0.4, 0.5) is 8.78 Å². The Morgan fingerprint density at radius 2 is 2.07 bits per heavy atom. The van der Waals surface area contributed by atoms with Crippen LogP contribution in [0.5, 0.6) is 0 Å². The van der Waals surface area contributed by atoms with Gasteiger partial charge in [0.1, 0.15) is 29.4 Å². The second kappa shape index (κ2) is 6.61. The highest BCUT2D eigenvalue weighted by Crippen LogP contribution is 2.34. The van der Waals surface area contributed by atoms with Gasteiger partial charge in [-0.05, 0) is 24.6 Å². The second-order valence-electron chi connectivity index (χ2n) is 6.83. The third-order valence-corrected chi connectivity index (χ3v) is 6.70. The van der Waals surface area contributed by atoms with E-state index in [-0.39, 0.29) is 23.6 Å². The van der Waals surface area contributed by atoms with Crippen molar-refractivity contribution in [2.45, 2.75) is 24.2 Å². The molecule has 8 nitrogen and oxygen atoms in total. The van der Waals surface area contributed by atoms with E-state index in [4.69, 9.17) is 4.74 Å². The van der Waals surface area contributed by atoms with Gasteiger partial charge in [0.05, 0.1) is 5.52 Å². The van der Waals surface area contributed by atoms with Crippen molar-refractivity contribution in [3.8, 4) is 11.4 Å². The molecule has 28 heavy (non-hydrogen) atoms. The number of benzene rings is 1. The summed E-state index contributed by atoms with van der Waals surface area (Å²) in [6, 6.07) is 2.65. The van der Waals surface area contributed by atoms with Crippen LogP contribution in [0.2, 0.25) is 0 Å². The summed E-state index contributed by atoms with van der Waals surface area (Å²) in [4.78, 5) is 6.84. The summed E-state index contributed by atoms with van der Waals surface area (Å²) in [7, 11) is -1.02. The lowest BCUT2D eigenvalue weighted by molar-refractivity contribution is 0.0637. The maximum atomic E-state index is 14.5. The number of sulfonamides is 1. The minimum absolute atomic E-state index is 0.0333. The summed E-state index contributed by atoms with van der Waals surface area (Å²) in [6.45, 7) is 1.28. The smallest absolute Gasteiger partial charge is 0.258 e. The van der Waals surface area contributed by atoms with Crippen molar-refractivity contribution < 1.29 is 21.9 Å². The molecule has 3 heterocycles. The Labute approximate surface area is 160 Å². The molecule has 1 N–H and O–H groups in total. The molecule has 0 bridgehead atoms. The van der Waals surface area contributed by atoms with Gasteiger partial charge in [0, 0.05) is 38.2 Å². The lowest BCUT2D eigenvalue weighted by atomic mass is 10.0. The van der Waals surface area contributed by atoms with Crippen LogP contribution in [-0.2, 0) is 21.8 Å². The van der Waals surface area contributed by atoms with E-state index in [0.29, 0.717) is 22.3 Å². The van der Waals surface area contributed by atoms with Crippen molar-refractivity contribution in [1.29, 1.82) is 0 Å². The number of alkyl halides is 1. The number of fused-ring (bicyclic) bond motifs is 1. The van der Waals surface area contributed by atoms with Crippen LogP contribution < -0.4 is 0 Å². The van der Waals surface area contributed by atoms with E-state index >= 15 is 0 Å². The normalized spacial score (nSPS) is 21.0. The topological polar surface area (TPSA) is 93.1 Å². The number of aromatic amines is 1. The Bertz CT molecular complexity index is 1160. The first kappa shape index (κ1) is 19.0. The summed E-state index contributed by atoms with van der Waals surface area (Å²) >= 11 is 0. The lowest BCUT2D eigenvalue weighted by Crippen LogP contribution is -2.30. The van der Waals surface area contributed by atoms with Crippen LogP contribution in [-0.4, -0.2) is 64.9 Å². The molecule has 1 aliphatic heterocycles. The van der Waals surface area contributed by atoms with E-state index < -0.39 is 28.1 Å². The molecule has 11 heteroatoms. The number of ether oxygens (including phenoxy) is 1. The highest BCUT2D eigenvalue weighted by molar-refractivity contribution is 7.89. The highest BCUT2D eigenvalue weighted by Gasteiger charge is 2.40. The van der Waals surface area contributed by atoms with Crippen LogP contribution in [0.1, 0.15) is 5.56 Å². The first-order chi connectivity index (χ1) is 13.2. The molecule has 2 atom stereocenters. The van der Waals surface area contributed by atoms with Crippen molar-refractivity contribution in [1.82, 2.24) is 24.1 Å². The third-order valence-electron chi connectivity index (χ3n) is 4.95. The van der Waals surface area contributed by atoms with Crippen molar-refractivity contribution >= 4 is 20.9 Å². The predicted octanol–water partition coefficient (Wildman–Crippen LogP) is 1.77. The molecular weight excluding hydrogens is 392 g/mol. The van der Waals surface area contributed by atoms with Crippen LogP contribution >= 0.6 is 0 Å². The zero-order valence-electron chi connectivity index (χ0n) is 15.5. The summed E-state index contributed by atoms with van der Waals surface area (Å²) < 4.78 is 62.0. The number of hydrogen-bond donors (Lipinski definition) is 1. The van der Waals surface area contributed by atoms with E-state index in [2.05, 4.69) is 15.1 Å². The third kappa shape index (κ3) is 2.90. The summed E-state index contributed by atoms with van der Waals surface area (Å²) in [6.07, 6.45) is -0.743. The number of H-pyrrole nitrogens is 1. The van der Waals surface area contributed by atoms with Gasteiger partial charge in [-0.25, -0.2) is 22.2 Å². The van der Waals surface area contributed by atoms with Crippen molar-refractivity contribution in [3.63, 3.8) is 0 Å². The minimum atomic E-state index is -4.05. The maximum absolute atomic E-state index is 14.5. The van der Waals surface area contributed by atoms with E-state index in [1.807, 2.05) is 0 Å². The number of nitrogens with one attached hydrogen (secondary N) is 1. The monoisotopic (exact) mass is 411 g/mol. The number of rotatable bonds is 4. The van der Waals surface area contributed by atoms with Gasteiger partial charge in [-0.2, -0.15) is 9.40 Å². The molecule has 150 valence electrons. The molecular formula is C17H19F2N5O3S. The molecule has 2 aromatic heterocycles. The van der Waals surface area contributed by atoms with Gasteiger partial charge in [0.15, 0.2) is 5.82 Å². The Morgan fingerprint density at radius 3 is 2.68 bits per heavy atom. The molecule has 4 rings (SSSR count). The van der Waals surface area contributed by atoms with E-state index in [9.17, 15) is 17.2 Å². The Balaban J connectivity index is 1.85. The van der Waals surface area contributed by atoms with Gasteiger partial charge in [-0.15, -0.1) is 0 Å². The van der Waals surface area contributed by atoms with E-state index in [1.165, 1.54) is 30.3 Å². The predicted molar refractivity (Wildman–Crippen MR) is 97.4 cm³/mol. The molecule has 0 amide bonds. The van der Waals surface area contributed by atoms with Crippen LogP contribution in [0, 0.1) is 12.7 Å². The van der Waals surface area contributed by atoms with Crippen LogP contribution in [0.15, 0.2) is 23.5 Å². The Kier molecular flexibility index (Phi) is 4.47. The fraction of sp³-hybridized carbons (Fsp3) is 0.412. The molecule has 3 aromatic rings. The zero-order chi connectivity index (χ0) is 20.2. The summed E-state index contributed by atoms with van der Waals surface area (Å²) in [5, 5.41) is 4.38. The molecule has 0 aliphatic carbocycles. The number of methoxy groups -OCH3 is 1. The molecule has 0 unspecified atom stereocenters. The number of aromatic nitrogens is 4. The number of hydrogen-bond acceptors (Lipinski definition) is 5. The molecule has 0 saturated carbocycles. The van der Waals surface area contributed by atoms with Gasteiger partial charge in [0.2, 0.25) is 0 Å². The lowest BCUT2D eigenvalue weighted by Gasteiger charge is -2.14. The van der Waals surface area contributed by atoms with Crippen molar-refractivity contribution in [2.24, 2.45) is 7.05 Å². The SMILES string of the molecule is CO[C@H]1CN(S(=O)(=O)c2cc3c(-c4ncn(C)n4)c(C)cc(F)c3[nH]2)C[C@@H]1F. The highest BCUT2D eigenvalue weighted by atomic mass is 32.2. The van der Waals surface area contributed by atoms with Crippen LogP contribution in [0.3, 0.4) is 0 Å². The van der Waals surface area contributed by atoms with Crippen LogP contribution in [0.25, 0.3) is 22.3 Å². The molecule has 1 aliphatic rings. The van der Waals surface area contributed by atoms with Gasteiger partial charge < -0.3 is 9.72 Å². The molecule has 1 saturated heterocycles. The van der Waals surface area contributed by atoms with Gasteiger partial charge in [-0.1, -0.05) is 0 Å². The summed E-state index contributed by atoms with van der Waals surface area (Å²) in [5.41, 5.74) is 1.14. The van der Waals surface area contributed by atoms with Crippen molar-refractivity contribution in [3.05, 3.63) is 29.8 Å². The number of halogens is 2. The zero-order valence-corrected chi connectivity index (χ0v) is 16.3. The van der Waals surface area contributed by atoms with Gasteiger partial charge >= 0.3 is 0 Å². The number of aryl methyl sites for hydroxylation is 2. The molecule has 0 spiro atoms. The van der Waals surface area contributed by atoms with E-state index in [1.54, 1.807) is 14.0 Å². The largest absolute Gasteiger partial charge is 0.377 e. The van der Waals surface area contributed by atoms with Gasteiger partial charge in [0.25, 0.3) is 10.0 Å². The molecule has 1 fully saturated rings. The fourth-order valence-corrected chi connectivity index (χ4v) is 4.97. The van der Waals surface area contributed by atoms with Crippen molar-refractivity contribution in [2.75, 3.05) is 20.2 Å². The Morgan fingerprint density at radius 1 is 1.32 bits per heavy atom. The Hall–Kier alpha value is -2.37. The second-order valence-corrected chi connectivity index (χ2v) is 8.73.